The van der Waals surface area contributed by atoms with Crippen molar-refractivity contribution in [3.8, 4) is 5.88 Å². The molecule has 80 valence electrons. The fourth-order valence-corrected chi connectivity index (χ4v) is 1.29. The Morgan fingerprint density at radius 1 is 1.64 bits per heavy atom. The van der Waals surface area contributed by atoms with Crippen molar-refractivity contribution in [3.05, 3.63) is 11.8 Å². The zero-order valence-corrected chi connectivity index (χ0v) is 9.37. The van der Waals surface area contributed by atoms with Gasteiger partial charge in [0, 0.05) is 19.7 Å². The van der Waals surface area contributed by atoms with Gasteiger partial charge in [0.2, 0.25) is 5.88 Å². The average Bonchev–Trinajstić information content (AvgIpc) is 2.42. The van der Waals surface area contributed by atoms with Crippen LogP contribution in [0.25, 0.3) is 0 Å². The lowest BCUT2D eigenvalue weighted by molar-refractivity contribution is 0.200. The molecule has 0 amide bonds. The van der Waals surface area contributed by atoms with Gasteiger partial charge >= 0.3 is 0 Å². The van der Waals surface area contributed by atoms with E-state index < -0.39 is 0 Å². The van der Waals surface area contributed by atoms with E-state index in [9.17, 15) is 0 Å². The van der Waals surface area contributed by atoms with Crippen molar-refractivity contribution in [3.63, 3.8) is 0 Å². The van der Waals surface area contributed by atoms with Crippen LogP contribution in [-0.2, 0) is 7.05 Å². The molecular formula is C10H19N3O. The van der Waals surface area contributed by atoms with Crippen LogP contribution in [0.2, 0.25) is 0 Å². The van der Waals surface area contributed by atoms with Gasteiger partial charge in [-0.25, -0.2) is 4.68 Å². The molecule has 1 rings (SSSR count). The number of aromatic nitrogens is 2. The highest BCUT2D eigenvalue weighted by atomic mass is 16.5. The average molecular weight is 197 g/mol. The Balaban J connectivity index is 2.47. The number of nitrogens with zero attached hydrogens (tertiary/aromatic N) is 2. The van der Waals surface area contributed by atoms with Crippen LogP contribution in [-0.4, -0.2) is 29.0 Å². The second kappa shape index (κ2) is 5.00. The van der Waals surface area contributed by atoms with Gasteiger partial charge in [-0.2, -0.15) is 5.10 Å². The van der Waals surface area contributed by atoms with Crippen LogP contribution in [0, 0.1) is 6.92 Å². The Hall–Kier alpha value is -1.03. The molecule has 0 spiro atoms. The maximum atomic E-state index is 5.71. The number of aryl methyl sites for hydroxylation is 2. The number of likely N-dealkylation sites (N-methyl/N-ethyl adjacent to an activating group) is 1. The Labute approximate surface area is 85.3 Å². The SMILES string of the molecule is CCNCC(C)Oc1cc(C)nn1C. The number of hydrogen-bond acceptors (Lipinski definition) is 3. The van der Waals surface area contributed by atoms with E-state index in [-0.39, 0.29) is 6.10 Å². The van der Waals surface area contributed by atoms with Crippen LogP contribution < -0.4 is 10.1 Å². The van der Waals surface area contributed by atoms with E-state index in [2.05, 4.69) is 17.3 Å². The molecule has 0 fully saturated rings. The van der Waals surface area contributed by atoms with Crippen molar-refractivity contribution in [1.82, 2.24) is 15.1 Å². The van der Waals surface area contributed by atoms with E-state index in [4.69, 9.17) is 4.74 Å². The Kier molecular flexibility index (Phi) is 3.95. The van der Waals surface area contributed by atoms with Gasteiger partial charge in [-0.1, -0.05) is 6.92 Å². The summed E-state index contributed by atoms with van der Waals surface area (Å²) in [7, 11) is 1.89. The van der Waals surface area contributed by atoms with Gasteiger partial charge in [-0.05, 0) is 20.4 Å². The summed E-state index contributed by atoms with van der Waals surface area (Å²) >= 11 is 0. The number of ether oxygens (including phenoxy) is 1. The topological polar surface area (TPSA) is 39.1 Å². The van der Waals surface area contributed by atoms with Crippen molar-refractivity contribution >= 4 is 0 Å². The first kappa shape index (κ1) is 11.0. The molecule has 0 radical (unpaired) electrons. The van der Waals surface area contributed by atoms with Gasteiger partial charge in [0.25, 0.3) is 0 Å². The standard InChI is InChI=1S/C10H19N3O/c1-5-11-7-9(3)14-10-6-8(2)12-13(10)4/h6,9,11H,5,7H2,1-4H3. The zero-order valence-electron chi connectivity index (χ0n) is 9.37. The summed E-state index contributed by atoms with van der Waals surface area (Å²) in [5.74, 6) is 0.827. The third-order valence-electron chi connectivity index (χ3n) is 1.96. The highest BCUT2D eigenvalue weighted by Gasteiger charge is 2.07. The molecular weight excluding hydrogens is 178 g/mol. The number of nitrogens with one attached hydrogen (secondary N) is 1. The first-order chi connectivity index (χ1) is 6.63. The molecule has 14 heavy (non-hydrogen) atoms. The second-order valence-corrected chi connectivity index (χ2v) is 3.48. The van der Waals surface area contributed by atoms with Crippen molar-refractivity contribution < 1.29 is 4.74 Å². The van der Waals surface area contributed by atoms with E-state index in [0.717, 1.165) is 24.7 Å². The Morgan fingerprint density at radius 2 is 2.36 bits per heavy atom. The van der Waals surface area contributed by atoms with E-state index in [0.29, 0.717) is 0 Å². The maximum absolute atomic E-state index is 5.71. The number of rotatable bonds is 5. The van der Waals surface area contributed by atoms with Crippen LogP contribution >= 0.6 is 0 Å². The molecule has 4 heteroatoms. The summed E-state index contributed by atoms with van der Waals surface area (Å²) in [5, 5.41) is 7.46. The van der Waals surface area contributed by atoms with Crippen molar-refractivity contribution in [2.24, 2.45) is 7.05 Å². The van der Waals surface area contributed by atoms with E-state index in [1.807, 2.05) is 27.0 Å². The lowest BCUT2D eigenvalue weighted by Gasteiger charge is -2.14. The molecule has 0 aliphatic heterocycles. The summed E-state index contributed by atoms with van der Waals surface area (Å²) in [5.41, 5.74) is 0.984. The maximum Gasteiger partial charge on any atom is 0.212 e. The summed E-state index contributed by atoms with van der Waals surface area (Å²) in [4.78, 5) is 0. The third kappa shape index (κ3) is 3.03. The monoisotopic (exact) mass is 197 g/mol. The van der Waals surface area contributed by atoms with Gasteiger partial charge in [0.1, 0.15) is 6.10 Å². The minimum Gasteiger partial charge on any atom is -0.473 e. The first-order valence-electron chi connectivity index (χ1n) is 5.01. The molecule has 0 aliphatic carbocycles. The molecule has 0 aliphatic rings. The van der Waals surface area contributed by atoms with Crippen LogP contribution in [0.3, 0.4) is 0 Å². The highest BCUT2D eigenvalue weighted by molar-refractivity contribution is 5.14. The molecule has 0 aromatic carbocycles. The molecule has 4 nitrogen and oxygen atoms in total. The van der Waals surface area contributed by atoms with Gasteiger partial charge < -0.3 is 10.1 Å². The summed E-state index contributed by atoms with van der Waals surface area (Å²) in [6.45, 7) is 7.92. The molecule has 0 saturated carbocycles. The molecule has 1 aromatic rings. The zero-order chi connectivity index (χ0) is 10.6. The molecule has 1 unspecified atom stereocenters. The molecule has 1 heterocycles. The smallest absolute Gasteiger partial charge is 0.212 e. The summed E-state index contributed by atoms with van der Waals surface area (Å²) < 4.78 is 7.47. The third-order valence-corrected chi connectivity index (χ3v) is 1.96. The Morgan fingerprint density at radius 3 is 2.86 bits per heavy atom. The van der Waals surface area contributed by atoms with Gasteiger partial charge in [0.15, 0.2) is 0 Å². The number of hydrogen-bond donors (Lipinski definition) is 1. The molecule has 1 atom stereocenters. The summed E-state index contributed by atoms with van der Waals surface area (Å²) in [6.07, 6.45) is 0.171. The van der Waals surface area contributed by atoms with Gasteiger partial charge in [-0.3, -0.25) is 0 Å². The first-order valence-corrected chi connectivity index (χ1v) is 5.01. The van der Waals surface area contributed by atoms with E-state index >= 15 is 0 Å². The van der Waals surface area contributed by atoms with Crippen LogP contribution in [0.4, 0.5) is 0 Å². The molecule has 0 saturated heterocycles. The molecule has 1 aromatic heterocycles. The fraction of sp³-hybridized carbons (Fsp3) is 0.700. The van der Waals surface area contributed by atoms with Crippen LogP contribution in [0.1, 0.15) is 19.5 Å². The predicted octanol–water partition coefficient (Wildman–Crippen LogP) is 1.11. The van der Waals surface area contributed by atoms with Gasteiger partial charge in [0.05, 0.1) is 5.69 Å². The quantitative estimate of drug-likeness (QED) is 0.768. The lowest BCUT2D eigenvalue weighted by Crippen LogP contribution is -2.29. The minimum atomic E-state index is 0.171. The van der Waals surface area contributed by atoms with Gasteiger partial charge in [-0.15, -0.1) is 0 Å². The highest BCUT2D eigenvalue weighted by Crippen LogP contribution is 2.12. The van der Waals surface area contributed by atoms with Crippen molar-refractivity contribution in [2.45, 2.75) is 26.9 Å². The Bertz CT molecular complexity index is 283. The largest absolute Gasteiger partial charge is 0.473 e. The molecule has 0 bridgehead atoms. The second-order valence-electron chi connectivity index (χ2n) is 3.48. The van der Waals surface area contributed by atoms with Crippen molar-refractivity contribution in [1.29, 1.82) is 0 Å². The van der Waals surface area contributed by atoms with Crippen molar-refractivity contribution in [2.75, 3.05) is 13.1 Å². The van der Waals surface area contributed by atoms with E-state index in [1.165, 1.54) is 0 Å². The lowest BCUT2D eigenvalue weighted by atomic mass is 10.4. The van der Waals surface area contributed by atoms with Crippen LogP contribution in [0.15, 0.2) is 6.07 Å². The fourth-order valence-electron chi connectivity index (χ4n) is 1.29. The van der Waals surface area contributed by atoms with Crippen LogP contribution in [0.5, 0.6) is 5.88 Å². The van der Waals surface area contributed by atoms with E-state index in [1.54, 1.807) is 4.68 Å². The summed E-state index contributed by atoms with van der Waals surface area (Å²) in [6, 6.07) is 1.95. The predicted molar refractivity (Wildman–Crippen MR) is 56.6 cm³/mol. The minimum absolute atomic E-state index is 0.171. The molecule has 1 N–H and O–H groups in total. The normalized spacial score (nSPS) is 12.9.